The first-order valence-corrected chi connectivity index (χ1v) is 6.95. The Hall–Kier alpha value is -2.84. The van der Waals surface area contributed by atoms with Crippen LogP contribution in [0.1, 0.15) is 11.1 Å². The van der Waals surface area contributed by atoms with Crippen LogP contribution < -0.4 is 10.9 Å². The summed E-state index contributed by atoms with van der Waals surface area (Å²) in [4.78, 5) is 18.6. The lowest BCUT2D eigenvalue weighted by atomic mass is 10.1. The molecule has 2 N–H and O–H groups in total. The predicted molar refractivity (Wildman–Crippen MR) is 85.9 cm³/mol. The van der Waals surface area contributed by atoms with Crippen LogP contribution in [0.4, 0.5) is 5.69 Å². The first-order valence-electron chi connectivity index (χ1n) is 6.57. The third-order valence-corrected chi connectivity index (χ3v) is 3.56. The van der Waals surface area contributed by atoms with Gasteiger partial charge in [-0.05, 0) is 23.8 Å². The van der Waals surface area contributed by atoms with Crippen molar-refractivity contribution in [1.82, 2.24) is 9.97 Å². The van der Waals surface area contributed by atoms with Gasteiger partial charge in [0, 0.05) is 23.2 Å². The highest BCUT2D eigenvalue weighted by molar-refractivity contribution is 6.30. The normalized spacial score (nSPS) is 10.4. The number of fused-ring (bicyclic) bond motifs is 1. The third kappa shape index (κ3) is 2.65. The standard InChI is InChI=1S/C16H11ClN4O/c17-11-3-1-10(2-4-11)8-20-15-12-5-6-19-9-14(12)21-16(22)13(15)7-18/h1-6,9H,8H2,(H2,20,21,22). The van der Waals surface area contributed by atoms with Crippen molar-refractivity contribution in [3.63, 3.8) is 0 Å². The van der Waals surface area contributed by atoms with E-state index in [1.54, 1.807) is 30.6 Å². The highest BCUT2D eigenvalue weighted by atomic mass is 35.5. The van der Waals surface area contributed by atoms with Gasteiger partial charge in [0.1, 0.15) is 11.6 Å². The van der Waals surface area contributed by atoms with Crippen LogP contribution in [0.2, 0.25) is 5.02 Å². The number of aromatic nitrogens is 2. The number of halogens is 1. The van der Waals surface area contributed by atoms with Crippen LogP contribution >= 0.6 is 11.6 Å². The third-order valence-electron chi connectivity index (χ3n) is 3.31. The molecule has 2 aromatic heterocycles. The average Bonchev–Trinajstić information content (AvgIpc) is 2.53. The van der Waals surface area contributed by atoms with Gasteiger partial charge in [0.25, 0.3) is 5.56 Å². The summed E-state index contributed by atoms with van der Waals surface area (Å²) in [5.74, 6) is 0. The molecule has 0 aliphatic carbocycles. The number of nitriles is 1. The van der Waals surface area contributed by atoms with Crippen molar-refractivity contribution in [3.8, 4) is 6.07 Å². The van der Waals surface area contributed by atoms with Crippen molar-refractivity contribution in [3.05, 3.63) is 69.2 Å². The van der Waals surface area contributed by atoms with E-state index in [9.17, 15) is 10.1 Å². The van der Waals surface area contributed by atoms with E-state index in [-0.39, 0.29) is 5.56 Å². The largest absolute Gasteiger partial charge is 0.379 e. The van der Waals surface area contributed by atoms with Crippen molar-refractivity contribution in [1.29, 1.82) is 5.26 Å². The van der Waals surface area contributed by atoms with Gasteiger partial charge in [-0.3, -0.25) is 9.78 Å². The maximum atomic E-state index is 12.0. The predicted octanol–water partition coefficient (Wildman–Crippen LogP) is 3.06. The Morgan fingerprint density at radius 3 is 2.77 bits per heavy atom. The van der Waals surface area contributed by atoms with Gasteiger partial charge in [-0.15, -0.1) is 0 Å². The highest BCUT2D eigenvalue weighted by Gasteiger charge is 2.12. The Morgan fingerprint density at radius 2 is 2.05 bits per heavy atom. The Kier molecular flexibility index (Phi) is 3.77. The number of anilines is 1. The monoisotopic (exact) mass is 310 g/mol. The van der Waals surface area contributed by atoms with Gasteiger partial charge in [0.2, 0.25) is 0 Å². The Morgan fingerprint density at radius 1 is 1.27 bits per heavy atom. The van der Waals surface area contributed by atoms with E-state index in [4.69, 9.17) is 11.6 Å². The molecular formula is C16H11ClN4O. The molecule has 1 aromatic carbocycles. The molecule has 0 amide bonds. The summed E-state index contributed by atoms with van der Waals surface area (Å²) >= 11 is 5.86. The van der Waals surface area contributed by atoms with Gasteiger partial charge in [0.05, 0.1) is 17.4 Å². The molecule has 108 valence electrons. The molecule has 0 radical (unpaired) electrons. The van der Waals surface area contributed by atoms with Gasteiger partial charge in [-0.25, -0.2) is 0 Å². The molecule has 0 aliphatic heterocycles. The molecule has 2 heterocycles. The van der Waals surface area contributed by atoms with E-state index in [1.807, 2.05) is 18.2 Å². The molecule has 3 rings (SSSR count). The smallest absolute Gasteiger partial charge is 0.268 e. The fourth-order valence-electron chi connectivity index (χ4n) is 2.23. The van der Waals surface area contributed by atoms with Crippen molar-refractivity contribution < 1.29 is 0 Å². The molecular weight excluding hydrogens is 300 g/mol. The zero-order valence-electron chi connectivity index (χ0n) is 11.4. The summed E-state index contributed by atoms with van der Waals surface area (Å²) in [6.07, 6.45) is 3.18. The molecule has 22 heavy (non-hydrogen) atoms. The van der Waals surface area contributed by atoms with Gasteiger partial charge < -0.3 is 10.3 Å². The quantitative estimate of drug-likeness (QED) is 0.779. The number of nitrogens with zero attached hydrogens (tertiary/aromatic N) is 2. The number of rotatable bonds is 3. The number of hydrogen-bond acceptors (Lipinski definition) is 4. The molecule has 5 nitrogen and oxygen atoms in total. The molecule has 0 spiro atoms. The number of aromatic amines is 1. The maximum Gasteiger partial charge on any atom is 0.268 e. The van der Waals surface area contributed by atoms with Crippen LogP contribution in [0, 0.1) is 11.3 Å². The Bertz CT molecular complexity index is 926. The van der Waals surface area contributed by atoms with E-state index >= 15 is 0 Å². The van der Waals surface area contributed by atoms with E-state index < -0.39 is 5.56 Å². The summed E-state index contributed by atoms with van der Waals surface area (Å²) < 4.78 is 0. The van der Waals surface area contributed by atoms with E-state index in [0.29, 0.717) is 22.8 Å². The molecule has 0 bridgehead atoms. The van der Waals surface area contributed by atoms with Crippen molar-refractivity contribution in [2.75, 3.05) is 5.32 Å². The summed E-state index contributed by atoms with van der Waals surface area (Å²) in [5, 5.41) is 13.8. The van der Waals surface area contributed by atoms with Gasteiger partial charge in [-0.1, -0.05) is 23.7 Å². The van der Waals surface area contributed by atoms with Crippen LogP contribution in [0.3, 0.4) is 0 Å². The number of benzene rings is 1. The first-order chi connectivity index (χ1) is 10.7. The molecule has 0 aliphatic rings. The van der Waals surface area contributed by atoms with E-state index in [2.05, 4.69) is 15.3 Å². The summed E-state index contributed by atoms with van der Waals surface area (Å²) in [6.45, 7) is 0.479. The number of nitrogens with one attached hydrogen (secondary N) is 2. The van der Waals surface area contributed by atoms with Crippen LogP contribution in [0.15, 0.2) is 47.5 Å². The molecule has 0 saturated carbocycles. The second kappa shape index (κ2) is 5.88. The minimum absolute atomic E-state index is 0.0627. The Labute approximate surface area is 131 Å². The van der Waals surface area contributed by atoms with Crippen molar-refractivity contribution in [2.24, 2.45) is 0 Å². The molecule has 0 atom stereocenters. The average molecular weight is 311 g/mol. The topological polar surface area (TPSA) is 81.6 Å². The van der Waals surface area contributed by atoms with Crippen molar-refractivity contribution >= 4 is 28.2 Å². The van der Waals surface area contributed by atoms with Crippen molar-refractivity contribution in [2.45, 2.75) is 6.54 Å². The molecule has 3 aromatic rings. The van der Waals surface area contributed by atoms with Crippen LogP contribution in [-0.4, -0.2) is 9.97 Å². The lowest BCUT2D eigenvalue weighted by molar-refractivity contribution is 1.14. The number of hydrogen-bond donors (Lipinski definition) is 2. The van der Waals surface area contributed by atoms with E-state index in [1.165, 1.54) is 0 Å². The molecule has 6 heteroatoms. The molecule has 0 fully saturated rings. The SMILES string of the molecule is N#Cc1c(NCc2ccc(Cl)cc2)c2ccncc2[nH]c1=O. The summed E-state index contributed by atoms with van der Waals surface area (Å²) in [6, 6.07) is 11.1. The van der Waals surface area contributed by atoms with E-state index in [0.717, 1.165) is 10.9 Å². The maximum absolute atomic E-state index is 12.0. The number of H-pyrrole nitrogens is 1. The second-order valence-corrected chi connectivity index (χ2v) is 5.15. The van der Waals surface area contributed by atoms with Crippen LogP contribution in [0.5, 0.6) is 0 Å². The number of pyridine rings is 2. The van der Waals surface area contributed by atoms with Crippen LogP contribution in [0.25, 0.3) is 10.9 Å². The molecule has 0 saturated heterocycles. The van der Waals surface area contributed by atoms with Gasteiger partial charge in [-0.2, -0.15) is 5.26 Å². The zero-order chi connectivity index (χ0) is 15.5. The summed E-state index contributed by atoms with van der Waals surface area (Å²) in [5.41, 5.74) is 1.73. The summed E-state index contributed by atoms with van der Waals surface area (Å²) in [7, 11) is 0. The lowest BCUT2D eigenvalue weighted by Crippen LogP contribution is -2.14. The fraction of sp³-hybridized carbons (Fsp3) is 0.0625. The Balaban J connectivity index is 2.03. The first kappa shape index (κ1) is 14.1. The zero-order valence-corrected chi connectivity index (χ0v) is 12.2. The van der Waals surface area contributed by atoms with Crippen LogP contribution in [-0.2, 0) is 6.54 Å². The molecule has 0 unspecified atom stereocenters. The van der Waals surface area contributed by atoms with Gasteiger partial charge in [0.15, 0.2) is 0 Å². The lowest BCUT2D eigenvalue weighted by Gasteiger charge is -2.11. The second-order valence-electron chi connectivity index (χ2n) is 4.72. The minimum Gasteiger partial charge on any atom is -0.379 e. The minimum atomic E-state index is -0.429. The van der Waals surface area contributed by atoms with Gasteiger partial charge >= 0.3 is 0 Å². The highest BCUT2D eigenvalue weighted by Crippen LogP contribution is 2.23. The fourth-order valence-corrected chi connectivity index (χ4v) is 2.35.